The Morgan fingerprint density at radius 2 is 1.92 bits per heavy atom. The summed E-state index contributed by atoms with van der Waals surface area (Å²) in [6, 6.07) is 6.24. The summed E-state index contributed by atoms with van der Waals surface area (Å²) < 4.78 is 0. The number of hydrogen-bond donors (Lipinski definition) is 1. The fraction of sp³-hybridized carbons (Fsp3) is 0.500. The molecule has 1 saturated carbocycles. The van der Waals surface area contributed by atoms with Crippen LogP contribution in [0, 0.1) is 6.92 Å². The van der Waals surface area contributed by atoms with Gasteiger partial charge in [-0.05, 0) is 42.9 Å². The van der Waals surface area contributed by atoms with Crippen LogP contribution in [0.3, 0.4) is 0 Å². The molecule has 13 heavy (non-hydrogen) atoms. The zero-order valence-corrected chi connectivity index (χ0v) is 8.22. The molecule has 0 spiro atoms. The lowest BCUT2D eigenvalue weighted by Crippen LogP contribution is -2.01. The van der Waals surface area contributed by atoms with Crippen LogP contribution in [0.2, 0.25) is 0 Å². The van der Waals surface area contributed by atoms with E-state index in [4.69, 9.17) is 5.73 Å². The minimum Gasteiger partial charge on any atom is -0.398 e. The molecular formula is C12H17N. The van der Waals surface area contributed by atoms with Crippen molar-refractivity contribution in [2.24, 2.45) is 0 Å². The first-order valence-corrected chi connectivity index (χ1v) is 5.14. The molecule has 1 nitrogen and oxygen atoms in total. The molecule has 1 aliphatic carbocycles. The minimum absolute atomic E-state index is 0.737. The molecular weight excluding hydrogens is 158 g/mol. The molecule has 0 radical (unpaired) electrons. The van der Waals surface area contributed by atoms with Gasteiger partial charge in [0, 0.05) is 5.69 Å². The molecule has 0 saturated heterocycles. The first-order valence-electron chi connectivity index (χ1n) is 5.14. The molecule has 0 aliphatic heterocycles. The van der Waals surface area contributed by atoms with Crippen LogP contribution in [0.1, 0.15) is 42.7 Å². The molecule has 1 fully saturated rings. The van der Waals surface area contributed by atoms with Gasteiger partial charge in [-0.2, -0.15) is 0 Å². The molecule has 2 rings (SSSR count). The lowest BCUT2D eigenvalue weighted by atomic mass is 9.92. The highest BCUT2D eigenvalue weighted by molar-refractivity contribution is 5.52. The van der Waals surface area contributed by atoms with Gasteiger partial charge in [0.2, 0.25) is 0 Å². The summed E-state index contributed by atoms with van der Waals surface area (Å²) >= 11 is 0. The van der Waals surface area contributed by atoms with E-state index in [-0.39, 0.29) is 0 Å². The number of nitrogens with two attached hydrogens (primary N) is 1. The van der Waals surface area contributed by atoms with E-state index in [2.05, 4.69) is 13.0 Å². The minimum atomic E-state index is 0.737. The largest absolute Gasteiger partial charge is 0.398 e. The van der Waals surface area contributed by atoms with E-state index in [0.717, 1.165) is 11.6 Å². The van der Waals surface area contributed by atoms with Gasteiger partial charge >= 0.3 is 0 Å². The normalized spacial score (nSPS) is 17.9. The number of rotatable bonds is 1. The van der Waals surface area contributed by atoms with Crippen molar-refractivity contribution in [3.05, 3.63) is 29.3 Å². The first kappa shape index (κ1) is 8.61. The summed E-state index contributed by atoms with van der Waals surface area (Å²) in [7, 11) is 0. The summed E-state index contributed by atoms with van der Waals surface area (Å²) in [6.45, 7) is 2.17. The highest BCUT2D eigenvalue weighted by Crippen LogP contribution is 2.38. The summed E-state index contributed by atoms with van der Waals surface area (Å²) in [4.78, 5) is 0. The van der Waals surface area contributed by atoms with Crippen molar-refractivity contribution in [1.82, 2.24) is 0 Å². The second kappa shape index (κ2) is 3.41. The summed E-state index contributed by atoms with van der Waals surface area (Å²) in [5.41, 5.74) is 9.78. The molecule has 0 unspecified atom stereocenters. The second-order valence-corrected chi connectivity index (χ2v) is 4.06. The van der Waals surface area contributed by atoms with Gasteiger partial charge in [0.05, 0.1) is 0 Å². The Kier molecular flexibility index (Phi) is 2.26. The highest BCUT2D eigenvalue weighted by Gasteiger charge is 2.20. The fourth-order valence-corrected chi connectivity index (χ4v) is 2.48. The number of hydrogen-bond acceptors (Lipinski definition) is 1. The maximum Gasteiger partial charge on any atom is 0.0352 e. The zero-order valence-electron chi connectivity index (χ0n) is 8.22. The number of anilines is 1. The average Bonchev–Trinajstić information content (AvgIpc) is 2.57. The maximum absolute atomic E-state index is 6.00. The van der Waals surface area contributed by atoms with Crippen LogP contribution < -0.4 is 5.73 Å². The van der Waals surface area contributed by atoms with Crippen LogP contribution >= 0.6 is 0 Å². The first-order chi connectivity index (χ1) is 6.29. The highest BCUT2D eigenvalue weighted by atomic mass is 14.6. The molecule has 0 aromatic heterocycles. The molecule has 70 valence electrons. The third kappa shape index (κ3) is 1.55. The van der Waals surface area contributed by atoms with E-state index in [1.807, 2.05) is 12.1 Å². The third-order valence-electron chi connectivity index (χ3n) is 3.12. The van der Waals surface area contributed by atoms with E-state index in [0.29, 0.717) is 0 Å². The summed E-state index contributed by atoms with van der Waals surface area (Å²) in [6.07, 6.45) is 5.40. The Morgan fingerprint density at radius 1 is 1.23 bits per heavy atom. The van der Waals surface area contributed by atoms with E-state index >= 15 is 0 Å². The van der Waals surface area contributed by atoms with Crippen LogP contribution in [0.4, 0.5) is 5.69 Å². The van der Waals surface area contributed by atoms with Crippen LogP contribution in [-0.2, 0) is 0 Å². The lowest BCUT2D eigenvalue weighted by Gasteiger charge is -2.15. The van der Waals surface area contributed by atoms with Crippen LogP contribution in [-0.4, -0.2) is 0 Å². The Balaban J connectivity index is 2.37. The topological polar surface area (TPSA) is 26.0 Å². The van der Waals surface area contributed by atoms with Crippen molar-refractivity contribution in [2.45, 2.75) is 38.5 Å². The predicted molar refractivity (Wildman–Crippen MR) is 56.8 cm³/mol. The van der Waals surface area contributed by atoms with Gasteiger partial charge in [0.1, 0.15) is 0 Å². The van der Waals surface area contributed by atoms with Crippen molar-refractivity contribution < 1.29 is 0 Å². The van der Waals surface area contributed by atoms with Crippen molar-refractivity contribution in [2.75, 3.05) is 5.73 Å². The molecule has 0 heterocycles. The molecule has 1 aromatic rings. The third-order valence-corrected chi connectivity index (χ3v) is 3.12. The van der Waals surface area contributed by atoms with Gasteiger partial charge < -0.3 is 5.73 Å². The molecule has 0 atom stereocenters. The Hall–Kier alpha value is -0.980. The predicted octanol–water partition coefficient (Wildman–Crippen LogP) is 3.23. The molecule has 0 bridgehead atoms. The van der Waals surface area contributed by atoms with Gasteiger partial charge in [-0.25, -0.2) is 0 Å². The second-order valence-electron chi connectivity index (χ2n) is 4.06. The van der Waals surface area contributed by atoms with E-state index in [1.165, 1.54) is 36.8 Å². The fourth-order valence-electron chi connectivity index (χ4n) is 2.48. The quantitative estimate of drug-likeness (QED) is 0.651. The monoisotopic (exact) mass is 175 g/mol. The van der Waals surface area contributed by atoms with Crippen molar-refractivity contribution >= 4 is 5.69 Å². The summed E-state index contributed by atoms with van der Waals surface area (Å²) in [5.74, 6) is 0.737. The Labute approximate surface area is 80.0 Å². The van der Waals surface area contributed by atoms with Crippen LogP contribution in [0.25, 0.3) is 0 Å². The lowest BCUT2D eigenvalue weighted by molar-refractivity contribution is 0.720. The van der Waals surface area contributed by atoms with Crippen LogP contribution in [0.5, 0.6) is 0 Å². The smallest absolute Gasteiger partial charge is 0.0352 e. The van der Waals surface area contributed by atoms with Crippen molar-refractivity contribution in [3.63, 3.8) is 0 Å². The number of nitrogen functional groups attached to an aromatic ring is 1. The Bertz CT molecular complexity index is 278. The van der Waals surface area contributed by atoms with Gasteiger partial charge in [0.15, 0.2) is 0 Å². The standard InChI is InChI=1S/C12H17N/c1-9-5-4-8-11(13)12(9)10-6-2-3-7-10/h4-5,8,10H,2-3,6-7,13H2,1H3. The average molecular weight is 175 g/mol. The molecule has 1 aromatic carbocycles. The summed E-state index contributed by atoms with van der Waals surface area (Å²) in [5, 5.41) is 0. The molecule has 1 heteroatoms. The van der Waals surface area contributed by atoms with Gasteiger partial charge in [0.25, 0.3) is 0 Å². The van der Waals surface area contributed by atoms with Gasteiger partial charge in [-0.1, -0.05) is 25.0 Å². The van der Waals surface area contributed by atoms with Gasteiger partial charge in [-0.3, -0.25) is 0 Å². The van der Waals surface area contributed by atoms with E-state index < -0.39 is 0 Å². The van der Waals surface area contributed by atoms with Crippen LogP contribution in [0.15, 0.2) is 18.2 Å². The van der Waals surface area contributed by atoms with Crippen molar-refractivity contribution in [1.29, 1.82) is 0 Å². The van der Waals surface area contributed by atoms with E-state index in [1.54, 1.807) is 0 Å². The van der Waals surface area contributed by atoms with Gasteiger partial charge in [-0.15, -0.1) is 0 Å². The molecule has 2 N–H and O–H groups in total. The molecule has 1 aliphatic rings. The number of benzene rings is 1. The van der Waals surface area contributed by atoms with Crippen molar-refractivity contribution in [3.8, 4) is 0 Å². The van der Waals surface area contributed by atoms with E-state index in [9.17, 15) is 0 Å². The maximum atomic E-state index is 6.00. The zero-order chi connectivity index (χ0) is 9.26. The number of aryl methyl sites for hydroxylation is 1. The SMILES string of the molecule is Cc1cccc(N)c1C1CCCC1. The molecule has 0 amide bonds. The Morgan fingerprint density at radius 3 is 2.54 bits per heavy atom.